The van der Waals surface area contributed by atoms with Crippen LogP contribution in [-0.4, -0.2) is 28.5 Å². The van der Waals surface area contributed by atoms with Gasteiger partial charge < -0.3 is 11.1 Å². The van der Waals surface area contributed by atoms with Gasteiger partial charge in [0.25, 0.3) is 0 Å². The lowest BCUT2D eigenvalue weighted by atomic mass is 9.92. The van der Waals surface area contributed by atoms with Crippen molar-refractivity contribution in [1.82, 2.24) is 5.32 Å². The van der Waals surface area contributed by atoms with E-state index in [1.54, 1.807) is 11.8 Å². The third kappa shape index (κ3) is 5.75. The van der Waals surface area contributed by atoms with E-state index < -0.39 is 0 Å². The van der Waals surface area contributed by atoms with Crippen molar-refractivity contribution >= 4 is 17.7 Å². The fourth-order valence-corrected chi connectivity index (χ4v) is 2.46. The van der Waals surface area contributed by atoms with Gasteiger partial charge in [-0.1, -0.05) is 20.8 Å². The van der Waals surface area contributed by atoms with Crippen LogP contribution in [0.15, 0.2) is 0 Å². The Bertz CT molecular complexity index is 230. The van der Waals surface area contributed by atoms with Crippen LogP contribution in [0.3, 0.4) is 0 Å². The normalized spacial score (nSPS) is 26.5. The molecule has 1 aliphatic carbocycles. The fourth-order valence-electron chi connectivity index (χ4n) is 1.81. The zero-order valence-electron chi connectivity index (χ0n) is 10.6. The highest BCUT2D eigenvalue weighted by molar-refractivity contribution is 8.01. The molecule has 0 bridgehead atoms. The maximum absolute atomic E-state index is 11.7. The maximum atomic E-state index is 11.7. The first kappa shape index (κ1) is 13.8. The highest BCUT2D eigenvalue weighted by Crippen LogP contribution is 2.23. The molecule has 0 unspecified atom stereocenters. The summed E-state index contributed by atoms with van der Waals surface area (Å²) >= 11 is 1.69. The van der Waals surface area contributed by atoms with E-state index in [1.165, 1.54) is 0 Å². The molecule has 1 fully saturated rings. The van der Waals surface area contributed by atoms with Gasteiger partial charge in [-0.05, 0) is 25.7 Å². The maximum Gasteiger partial charge on any atom is 0.230 e. The third-order valence-corrected chi connectivity index (χ3v) is 4.05. The van der Waals surface area contributed by atoms with Gasteiger partial charge in [0.1, 0.15) is 0 Å². The molecule has 0 heterocycles. The number of carbonyl (C=O) groups is 1. The molecule has 0 aromatic heterocycles. The number of nitrogens with two attached hydrogens (primary N) is 1. The SMILES string of the molecule is CC(C)(C)SCC(=O)NC1CCC(N)CC1. The molecule has 0 spiro atoms. The van der Waals surface area contributed by atoms with Crippen molar-refractivity contribution < 1.29 is 4.79 Å². The van der Waals surface area contributed by atoms with Gasteiger partial charge in [-0.3, -0.25) is 4.79 Å². The summed E-state index contributed by atoms with van der Waals surface area (Å²) in [7, 11) is 0. The average molecular weight is 244 g/mol. The second-order valence-corrected chi connectivity index (χ2v) is 7.38. The highest BCUT2D eigenvalue weighted by atomic mass is 32.2. The molecule has 94 valence electrons. The molecule has 0 aromatic carbocycles. The van der Waals surface area contributed by atoms with E-state index in [1.807, 2.05) is 0 Å². The van der Waals surface area contributed by atoms with Crippen molar-refractivity contribution in [2.45, 2.75) is 63.3 Å². The van der Waals surface area contributed by atoms with Gasteiger partial charge in [-0.25, -0.2) is 0 Å². The monoisotopic (exact) mass is 244 g/mol. The standard InChI is InChI=1S/C12H24N2OS/c1-12(2,3)16-8-11(15)14-10-6-4-9(13)5-7-10/h9-10H,4-8,13H2,1-3H3,(H,14,15). The number of carbonyl (C=O) groups excluding carboxylic acids is 1. The third-order valence-electron chi connectivity index (χ3n) is 2.77. The van der Waals surface area contributed by atoms with Crippen LogP contribution in [0.2, 0.25) is 0 Å². The number of hydrogen-bond acceptors (Lipinski definition) is 3. The number of nitrogens with one attached hydrogen (secondary N) is 1. The molecule has 16 heavy (non-hydrogen) atoms. The van der Waals surface area contributed by atoms with E-state index in [4.69, 9.17) is 5.73 Å². The van der Waals surface area contributed by atoms with Crippen LogP contribution in [0.5, 0.6) is 0 Å². The van der Waals surface area contributed by atoms with E-state index in [-0.39, 0.29) is 10.7 Å². The van der Waals surface area contributed by atoms with Crippen molar-refractivity contribution in [3.05, 3.63) is 0 Å². The summed E-state index contributed by atoms with van der Waals surface area (Å²) in [5.41, 5.74) is 5.83. The Labute approximate surface area is 103 Å². The summed E-state index contributed by atoms with van der Waals surface area (Å²) in [5, 5.41) is 3.10. The molecule has 1 amide bonds. The molecule has 3 nitrogen and oxygen atoms in total. The molecule has 0 saturated heterocycles. The minimum atomic E-state index is 0.159. The van der Waals surface area contributed by atoms with Crippen molar-refractivity contribution in [2.24, 2.45) is 5.73 Å². The zero-order chi connectivity index (χ0) is 12.2. The Hall–Kier alpha value is -0.220. The lowest BCUT2D eigenvalue weighted by Crippen LogP contribution is -2.41. The quantitative estimate of drug-likeness (QED) is 0.797. The van der Waals surface area contributed by atoms with Crippen LogP contribution < -0.4 is 11.1 Å². The summed E-state index contributed by atoms with van der Waals surface area (Å²) < 4.78 is 0.159. The Balaban J connectivity index is 2.19. The van der Waals surface area contributed by atoms with Crippen molar-refractivity contribution in [1.29, 1.82) is 0 Å². The Morgan fingerprint density at radius 3 is 2.38 bits per heavy atom. The van der Waals surface area contributed by atoms with Crippen LogP contribution in [0.25, 0.3) is 0 Å². The summed E-state index contributed by atoms with van der Waals surface area (Å²) in [6, 6.07) is 0.699. The minimum absolute atomic E-state index is 0.159. The van der Waals surface area contributed by atoms with Crippen molar-refractivity contribution in [2.75, 3.05) is 5.75 Å². The van der Waals surface area contributed by atoms with E-state index in [0.717, 1.165) is 25.7 Å². The topological polar surface area (TPSA) is 55.1 Å². The Morgan fingerprint density at radius 1 is 1.31 bits per heavy atom. The van der Waals surface area contributed by atoms with Gasteiger partial charge in [0, 0.05) is 16.8 Å². The summed E-state index contributed by atoms with van der Waals surface area (Å²) in [6.45, 7) is 6.39. The molecule has 0 radical (unpaired) electrons. The number of thioether (sulfide) groups is 1. The molecule has 0 aliphatic heterocycles. The number of hydrogen-bond donors (Lipinski definition) is 2. The highest BCUT2D eigenvalue weighted by Gasteiger charge is 2.20. The largest absolute Gasteiger partial charge is 0.353 e. The second-order valence-electron chi connectivity index (χ2n) is 5.58. The van der Waals surface area contributed by atoms with Gasteiger partial charge in [0.05, 0.1) is 5.75 Å². The average Bonchev–Trinajstić information content (AvgIpc) is 2.18. The van der Waals surface area contributed by atoms with E-state index in [9.17, 15) is 4.79 Å². The Morgan fingerprint density at radius 2 is 1.88 bits per heavy atom. The van der Waals surface area contributed by atoms with Gasteiger partial charge in [-0.15, -0.1) is 11.8 Å². The summed E-state index contributed by atoms with van der Waals surface area (Å²) in [6.07, 6.45) is 4.15. The molecular weight excluding hydrogens is 220 g/mol. The van der Waals surface area contributed by atoms with Crippen molar-refractivity contribution in [3.63, 3.8) is 0 Å². The Kier molecular flexibility index (Phi) is 5.12. The number of rotatable bonds is 3. The summed E-state index contributed by atoms with van der Waals surface area (Å²) in [4.78, 5) is 11.7. The van der Waals surface area contributed by atoms with Crippen molar-refractivity contribution in [3.8, 4) is 0 Å². The molecular formula is C12H24N2OS. The lowest BCUT2D eigenvalue weighted by molar-refractivity contribution is -0.119. The molecule has 3 N–H and O–H groups in total. The van der Waals surface area contributed by atoms with Crippen LogP contribution in [0.4, 0.5) is 0 Å². The smallest absolute Gasteiger partial charge is 0.230 e. The first-order chi connectivity index (χ1) is 7.37. The fraction of sp³-hybridized carbons (Fsp3) is 0.917. The molecule has 1 saturated carbocycles. The first-order valence-corrected chi connectivity index (χ1v) is 7.04. The predicted octanol–water partition coefficient (Wildman–Crippen LogP) is 1.90. The van der Waals surface area contributed by atoms with Gasteiger partial charge in [0.15, 0.2) is 0 Å². The molecule has 4 heteroatoms. The van der Waals surface area contributed by atoms with E-state index in [2.05, 4.69) is 26.1 Å². The minimum Gasteiger partial charge on any atom is -0.353 e. The van der Waals surface area contributed by atoms with Gasteiger partial charge in [0.2, 0.25) is 5.91 Å². The number of amides is 1. The van der Waals surface area contributed by atoms with E-state index >= 15 is 0 Å². The van der Waals surface area contributed by atoms with E-state index in [0.29, 0.717) is 17.8 Å². The van der Waals surface area contributed by atoms with Crippen LogP contribution in [-0.2, 0) is 4.79 Å². The molecule has 1 rings (SSSR count). The van der Waals surface area contributed by atoms with Crippen LogP contribution >= 0.6 is 11.8 Å². The second kappa shape index (κ2) is 5.92. The molecule has 1 aliphatic rings. The molecule has 0 atom stereocenters. The molecule has 0 aromatic rings. The first-order valence-electron chi connectivity index (χ1n) is 6.06. The zero-order valence-corrected chi connectivity index (χ0v) is 11.4. The van der Waals surface area contributed by atoms with Crippen LogP contribution in [0, 0.1) is 0 Å². The van der Waals surface area contributed by atoms with Gasteiger partial charge >= 0.3 is 0 Å². The predicted molar refractivity (Wildman–Crippen MR) is 70.6 cm³/mol. The summed E-state index contributed by atoms with van der Waals surface area (Å²) in [5.74, 6) is 0.729. The lowest BCUT2D eigenvalue weighted by Gasteiger charge is -2.27. The van der Waals surface area contributed by atoms with Gasteiger partial charge in [-0.2, -0.15) is 0 Å². The van der Waals surface area contributed by atoms with Crippen LogP contribution in [0.1, 0.15) is 46.5 Å².